The minimum atomic E-state index is -1.64. The lowest BCUT2D eigenvalue weighted by Crippen LogP contribution is -2.63. The third-order valence-electron chi connectivity index (χ3n) is 6.50. The van der Waals surface area contributed by atoms with Crippen molar-refractivity contribution in [2.45, 2.75) is 76.5 Å². The molecule has 9 nitrogen and oxygen atoms in total. The van der Waals surface area contributed by atoms with E-state index in [1.54, 1.807) is 13.8 Å². The van der Waals surface area contributed by atoms with Crippen molar-refractivity contribution in [3.8, 4) is 0 Å². The van der Waals surface area contributed by atoms with Crippen LogP contribution in [0, 0.1) is 11.3 Å². The van der Waals surface area contributed by atoms with Gasteiger partial charge in [-0.2, -0.15) is 0 Å². The summed E-state index contributed by atoms with van der Waals surface area (Å²) in [6.07, 6.45) is -5.88. The predicted octanol–water partition coefficient (Wildman–Crippen LogP) is -0.685. The van der Waals surface area contributed by atoms with Gasteiger partial charge in [-0.1, -0.05) is 32.9 Å². The first-order chi connectivity index (χ1) is 13.4. The van der Waals surface area contributed by atoms with Crippen LogP contribution in [0.3, 0.4) is 0 Å². The Kier molecular flexibility index (Phi) is 7.49. The van der Waals surface area contributed by atoms with Gasteiger partial charge in [-0.3, -0.25) is 4.79 Å². The van der Waals surface area contributed by atoms with E-state index in [1.807, 2.05) is 13.8 Å². The molecule has 0 aliphatic carbocycles. The number of methoxy groups -OCH3 is 1. The van der Waals surface area contributed by atoms with E-state index >= 15 is 0 Å². The maximum atomic E-state index is 12.6. The second-order valence-corrected chi connectivity index (χ2v) is 8.71. The molecule has 8 atom stereocenters. The van der Waals surface area contributed by atoms with Crippen LogP contribution in [0.15, 0.2) is 12.2 Å². The van der Waals surface area contributed by atoms with Crippen LogP contribution in [0.1, 0.15) is 34.1 Å². The van der Waals surface area contributed by atoms with E-state index in [2.05, 4.69) is 11.9 Å². The third kappa shape index (κ3) is 4.51. The molecular weight excluding hydrogens is 382 g/mol. The summed E-state index contributed by atoms with van der Waals surface area (Å²) in [6.45, 7) is 10.6. The van der Waals surface area contributed by atoms with Crippen LogP contribution < -0.4 is 5.32 Å². The molecule has 0 aromatic carbocycles. The van der Waals surface area contributed by atoms with Crippen molar-refractivity contribution in [2.24, 2.45) is 11.3 Å². The molecular formula is C20H35NO8. The lowest BCUT2D eigenvalue weighted by atomic mass is 9.75. The molecule has 0 saturated carbocycles. The molecule has 2 rings (SSSR count). The molecule has 0 spiro atoms. The Bertz CT molecular complexity index is 607. The van der Waals surface area contributed by atoms with Gasteiger partial charge in [0.1, 0.15) is 12.2 Å². The number of rotatable bonds is 6. The SMILES string of the molecule is C=C1C[C@](OC)([C@H](O)C(=O)NC[C@H]2O[C@H](CO)C(C)(C)[C@H](O)[C@H]2O)O[C@H](C)[C@@H]1C. The van der Waals surface area contributed by atoms with Crippen molar-refractivity contribution < 1.29 is 39.4 Å². The highest BCUT2D eigenvalue weighted by molar-refractivity contribution is 5.81. The quantitative estimate of drug-likeness (QED) is 0.358. The van der Waals surface area contributed by atoms with E-state index < -0.39 is 47.6 Å². The van der Waals surface area contributed by atoms with Gasteiger partial charge in [-0.15, -0.1) is 0 Å². The van der Waals surface area contributed by atoms with Gasteiger partial charge in [-0.25, -0.2) is 0 Å². The number of nitrogens with one attached hydrogen (secondary N) is 1. The molecule has 9 heteroatoms. The fraction of sp³-hybridized carbons (Fsp3) is 0.850. The maximum Gasteiger partial charge on any atom is 0.254 e. The topological polar surface area (TPSA) is 138 Å². The van der Waals surface area contributed by atoms with Crippen LogP contribution >= 0.6 is 0 Å². The lowest BCUT2D eigenvalue weighted by Gasteiger charge is -2.48. The average Bonchev–Trinajstić information content (AvgIpc) is 2.68. The molecule has 0 unspecified atom stereocenters. The summed E-state index contributed by atoms with van der Waals surface area (Å²) in [5.74, 6) is -2.27. The average molecular weight is 417 g/mol. The smallest absolute Gasteiger partial charge is 0.254 e. The summed E-state index contributed by atoms with van der Waals surface area (Å²) < 4.78 is 16.9. The molecule has 1 amide bonds. The van der Waals surface area contributed by atoms with Crippen molar-refractivity contribution in [2.75, 3.05) is 20.3 Å². The van der Waals surface area contributed by atoms with Crippen molar-refractivity contribution >= 4 is 5.91 Å². The van der Waals surface area contributed by atoms with Crippen LogP contribution in [0.25, 0.3) is 0 Å². The summed E-state index contributed by atoms with van der Waals surface area (Å²) >= 11 is 0. The highest BCUT2D eigenvalue weighted by Gasteiger charge is 2.51. The van der Waals surface area contributed by atoms with Crippen LogP contribution in [-0.4, -0.2) is 89.0 Å². The molecule has 2 aliphatic heterocycles. The minimum Gasteiger partial charge on any atom is -0.394 e. The lowest BCUT2D eigenvalue weighted by molar-refractivity contribution is -0.297. The molecule has 0 aromatic rings. The van der Waals surface area contributed by atoms with Crippen LogP contribution in [0.5, 0.6) is 0 Å². The number of aliphatic hydroxyl groups excluding tert-OH is 4. The normalized spacial score (nSPS) is 41.1. The Balaban J connectivity index is 2.05. The zero-order valence-corrected chi connectivity index (χ0v) is 17.8. The highest BCUT2D eigenvalue weighted by atomic mass is 16.7. The van der Waals surface area contributed by atoms with Crippen molar-refractivity contribution in [1.82, 2.24) is 5.32 Å². The standard InChI is InChI=1S/C20H35NO8/c1-10-7-20(27-6,29-12(3)11(10)2)17(25)18(26)21-8-13-15(23)16(24)19(4,5)14(9-22)28-13/h11-17,22-25H,1,7-9H2,2-6H3,(H,21,26)/t11-,12-,13-,14-,15+,16-,17-,20-/m1/s1. The largest absolute Gasteiger partial charge is 0.394 e. The Morgan fingerprint density at radius 2 is 2.00 bits per heavy atom. The molecule has 0 radical (unpaired) electrons. The third-order valence-corrected chi connectivity index (χ3v) is 6.50. The summed E-state index contributed by atoms with van der Waals surface area (Å²) in [5.41, 5.74) is -0.0585. The van der Waals surface area contributed by atoms with E-state index in [1.165, 1.54) is 7.11 Å². The van der Waals surface area contributed by atoms with Crippen molar-refractivity contribution in [1.29, 1.82) is 0 Å². The summed E-state index contributed by atoms with van der Waals surface area (Å²) in [5, 5.41) is 43.4. The number of carbonyl (C=O) groups excluding carboxylic acids is 1. The molecule has 168 valence electrons. The monoisotopic (exact) mass is 417 g/mol. The van der Waals surface area contributed by atoms with Gasteiger partial charge in [0.15, 0.2) is 6.10 Å². The molecule has 2 aliphatic rings. The second-order valence-electron chi connectivity index (χ2n) is 8.71. The van der Waals surface area contributed by atoms with Crippen LogP contribution in [0.4, 0.5) is 0 Å². The first-order valence-corrected chi connectivity index (χ1v) is 9.90. The minimum absolute atomic E-state index is 0.0552. The first-order valence-electron chi connectivity index (χ1n) is 9.90. The molecule has 0 aromatic heterocycles. The van der Waals surface area contributed by atoms with Gasteiger partial charge in [0.2, 0.25) is 5.79 Å². The van der Waals surface area contributed by atoms with Crippen LogP contribution in [-0.2, 0) is 19.0 Å². The summed E-state index contributed by atoms with van der Waals surface area (Å²) in [7, 11) is 1.35. The molecule has 5 N–H and O–H groups in total. The zero-order valence-electron chi connectivity index (χ0n) is 17.8. The zero-order chi connectivity index (χ0) is 22.1. The van der Waals surface area contributed by atoms with Gasteiger partial charge in [0.25, 0.3) is 5.91 Å². The predicted molar refractivity (Wildman–Crippen MR) is 104 cm³/mol. The summed E-state index contributed by atoms with van der Waals surface area (Å²) in [6, 6.07) is 0. The Labute approximate surface area is 171 Å². The van der Waals surface area contributed by atoms with Gasteiger partial charge in [-0.05, 0) is 6.92 Å². The Morgan fingerprint density at radius 1 is 1.38 bits per heavy atom. The molecule has 2 fully saturated rings. The van der Waals surface area contributed by atoms with E-state index in [4.69, 9.17) is 14.2 Å². The van der Waals surface area contributed by atoms with Gasteiger partial charge < -0.3 is 40.0 Å². The fourth-order valence-corrected chi connectivity index (χ4v) is 3.91. The highest BCUT2D eigenvalue weighted by Crippen LogP contribution is 2.39. The number of hydrogen-bond donors (Lipinski definition) is 5. The van der Waals surface area contributed by atoms with E-state index in [-0.39, 0.29) is 31.6 Å². The molecule has 2 saturated heterocycles. The number of aliphatic hydroxyl groups is 4. The number of ether oxygens (including phenoxy) is 3. The van der Waals surface area contributed by atoms with Gasteiger partial charge >= 0.3 is 0 Å². The summed E-state index contributed by atoms with van der Waals surface area (Å²) in [4.78, 5) is 12.6. The molecule has 29 heavy (non-hydrogen) atoms. The maximum absolute atomic E-state index is 12.6. The number of hydrogen-bond acceptors (Lipinski definition) is 8. The van der Waals surface area contributed by atoms with Gasteiger partial charge in [0.05, 0.1) is 24.9 Å². The fourth-order valence-electron chi connectivity index (χ4n) is 3.91. The second kappa shape index (κ2) is 8.97. The Hall–Kier alpha value is -1.07. The Morgan fingerprint density at radius 3 is 2.52 bits per heavy atom. The number of carbonyl (C=O) groups is 1. The van der Waals surface area contributed by atoms with Crippen molar-refractivity contribution in [3.63, 3.8) is 0 Å². The number of amides is 1. The molecule has 2 heterocycles. The van der Waals surface area contributed by atoms with Crippen LogP contribution in [0.2, 0.25) is 0 Å². The van der Waals surface area contributed by atoms with E-state index in [0.717, 1.165) is 5.57 Å². The molecule has 0 bridgehead atoms. The van der Waals surface area contributed by atoms with Gasteiger partial charge in [0, 0.05) is 31.4 Å². The van der Waals surface area contributed by atoms with Crippen molar-refractivity contribution in [3.05, 3.63) is 12.2 Å². The van der Waals surface area contributed by atoms with E-state index in [9.17, 15) is 25.2 Å². The van der Waals surface area contributed by atoms with E-state index in [0.29, 0.717) is 0 Å². The first kappa shape index (κ1) is 24.2.